The predicted molar refractivity (Wildman–Crippen MR) is 35.2 cm³/mol. The van der Waals surface area contributed by atoms with Gasteiger partial charge in [-0.25, -0.2) is 0 Å². The van der Waals surface area contributed by atoms with Crippen LogP contribution in [0.15, 0.2) is 0 Å². The minimum absolute atomic E-state index is 0.0423. The summed E-state index contributed by atoms with van der Waals surface area (Å²) in [4.78, 5) is 10.6. The molecule has 0 aliphatic carbocycles. The summed E-state index contributed by atoms with van der Waals surface area (Å²) in [6.07, 6.45) is 0. The molecule has 0 unspecified atom stereocenters. The van der Waals surface area contributed by atoms with E-state index in [4.69, 9.17) is 4.74 Å². The van der Waals surface area contributed by atoms with Crippen LogP contribution in [-0.2, 0) is 9.53 Å². The molecule has 0 radical (unpaired) electrons. The Bertz CT molecular complexity index is 83.1. The van der Waals surface area contributed by atoms with Crippen molar-refractivity contribution in [3.63, 3.8) is 0 Å². The van der Waals surface area contributed by atoms with E-state index in [0.717, 1.165) is 0 Å². The van der Waals surface area contributed by atoms with Crippen molar-refractivity contribution in [2.24, 2.45) is 0 Å². The standard InChI is InChI=1S/C6H13NO2/c1-3-7-6(8)5-9-4-2/h3-5H2,1-2H3,(H,7,8). The van der Waals surface area contributed by atoms with Gasteiger partial charge in [-0.1, -0.05) is 0 Å². The van der Waals surface area contributed by atoms with Gasteiger partial charge in [-0.2, -0.15) is 0 Å². The monoisotopic (exact) mass is 131 g/mol. The summed E-state index contributed by atoms with van der Waals surface area (Å²) in [6.45, 7) is 5.19. The first-order chi connectivity index (χ1) is 4.31. The highest BCUT2D eigenvalue weighted by atomic mass is 16.5. The summed E-state index contributed by atoms with van der Waals surface area (Å²) in [7, 11) is 0. The van der Waals surface area contributed by atoms with Crippen LogP contribution in [0.2, 0.25) is 0 Å². The average Bonchev–Trinajstić information content (AvgIpc) is 1.85. The molecular weight excluding hydrogens is 118 g/mol. The van der Waals surface area contributed by atoms with Crippen LogP contribution in [0.25, 0.3) is 0 Å². The van der Waals surface area contributed by atoms with Gasteiger partial charge in [0.25, 0.3) is 0 Å². The van der Waals surface area contributed by atoms with Crippen molar-refractivity contribution in [2.75, 3.05) is 19.8 Å². The number of carbonyl (C=O) groups is 1. The van der Waals surface area contributed by atoms with Crippen LogP contribution in [0.1, 0.15) is 13.8 Å². The third kappa shape index (κ3) is 5.30. The van der Waals surface area contributed by atoms with E-state index in [1.807, 2.05) is 13.8 Å². The number of carbonyl (C=O) groups excluding carboxylic acids is 1. The second-order valence-corrected chi connectivity index (χ2v) is 1.59. The van der Waals surface area contributed by atoms with Gasteiger partial charge >= 0.3 is 0 Å². The van der Waals surface area contributed by atoms with Crippen LogP contribution < -0.4 is 5.32 Å². The highest BCUT2D eigenvalue weighted by molar-refractivity contribution is 5.77. The summed E-state index contributed by atoms with van der Waals surface area (Å²) in [5.74, 6) is -0.0423. The van der Waals surface area contributed by atoms with E-state index in [1.165, 1.54) is 0 Å². The number of amides is 1. The fourth-order valence-corrected chi connectivity index (χ4v) is 0.443. The smallest absolute Gasteiger partial charge is 0.245 e. The Labute approximate surface area is 55.4 Å². The van der Waals surface area contributed by atoms with Gasteiger partial charge in [0.05, 0.1) is 0 Å². The number of rotatable bonds is 4. The minimum atomic E-state index is -0.0423. The van der Waals surface area contributed by atoms with Crippen molar-refractivity contribution < 1.29 is 9.53 Å². The van der Waals surface area contributed by atoms with Crippen molar-refractivity contribution in [3.8, 4) is 0 Å². The molecule has 0 saturated carbocycles. The normalized spacial score (nSPS) is 9.11. The van der Waals surface area contributed by atoms with Crippen LogP contribution in [0.5, 0.6) is 0 Å². The van der Waals surface area contributed by atoms with E-state index in [0.29, 0.717) is 13.2 Å². The Morgan fingerprint density at radius 1 is 1.56 bits per heavy atom. The summed E-state index contributed by atoms with van der Waals surface area (Å²) in [6, 6.07) is 0. The summed E-state index contributed by atoms with van der Waals surface area (Å²) < 4.78 is 4.84. The lowest BCUT2D eigenvalue weighted by Gasteiger charge is -1.99. The van der Waals surface area contributed by atoms with Crippen LogP contribution >= 0.6 is 0 Å². The zero-order valence-corrected chi connectivity index (χ0v) is 5.94. The Balaban J connectivity index is 3.06. The predicted octanol–water partition coefficient (Wildman–Crippen LogP) is 0.159. The lowest BCUT2D eigenvalue weighted by Crippen LogP contribution is -2.26. The van der Waals surface area contributed by atoms with E-state index < -0.39 is 0 Å². The second kappa shape index (κ2) is 5.56. The molecule has 0 spiro atoms. The van der Waals surface area contributed by atoms with Gasteiger partial charge in [0.15, 0.2) is 0 Å². The SMILES string of the molecule is CCNC(=O)COCC. The van der Waals surface area contributed by atoms with E-state index in [1.54, 1.807) is 0 Å². The average molecular weight is 131 g/mol. The van der Waals surface area contributed by atoms with Gasteiger partial charge in [0, 0.05) is 13.2 Å². The first-order valence-corrected chi connectivity index (χ1v) is 3.15. The topological polar surface area (TPSA) is 38.3 Å². The molecule has 9 heavy (non-hydrogen) atoms. The van der Waals surface area contributed by atoms with Gasteiger partial charge in [-0.05, 0) is 13.8 Å². The van der Waals surface area contributed by atoms with Crippen LogP contribution in [0, 0.1) is 0 Å². The molecule has 0 rings (SSSR count). The van der Waals surface area contributed by atoms with Gasteiger partial charge in [-0.15, -0.1) is 0 Å². The maximum atomic E-state index is 10.6. The lowest BCUT2D eigenvalue weighted by molar-refractivity contribution is -0.125. The summed E-state index contributed by atoms with van der Waals surface area (Å²) >= 11 is 0. The number of hydrogen-bond acceptors (Lipinski definition) is 2. The molecular formula is C6H13NO2. The molecule has 0 heterocycles. The molecule has 1 N–H and O–H groups in total. The third-order valence-electron chi connectivity index (χ3n) is 0.811. The molecule has 3 nitrogen and oxygen atoms in total. The zero-order valence-electron chi connectivity index (χ0n) is 5.94. The molecule has 0 aliphatic heterocycles. The highest BCUT2D eigenvalue weighted by Crippen LogP contribution is 1.71. The van der Waals surface area contributed by atoms with E-state index in [9.17, 15) is 4.79 Å². The maximum Gasteiger partial charge on any atom is 0.245 e. The first-order valence-electron chi connectivity index (χ1n) is 3.15. The Morgan fingerprint density at radius 3 is 2.67 bits per heavy atom. The molecule has 0 aliphatic rings. The third-order valence-corrected chi connectivity index (χ3v) is 0.811. The van der Waals surface area contributed by atoms with Gasteiger partial charge in [0.1, 0.15) is 6.61 Å². The van der Waals surface area contributed by atoms with E-state index in [2.05, 4.69) is 5.32 Å². The molecule has 0 aromatic carbocycles. The Kier molecular flexibility index (Phi) is 5.21. The number of likely N-dealkylation sites (N-methyl/N-ethyl adjacent to an activating group) is 1. The summed E-state index contributed by atoms with van der Waals surface area (Å²) in [5, 5.41) is 2.62. The second-order valence-electron chi connectivity index (χ2n) is 1.59. The Morgan fingerprint density at radius 2 is 2.22 bits per heavy atom. The zero-order chi connectivity index (χ0) is 7.11. The fraction of sp³-hybridized carbons (Fsp3) is 0.833. The van der Waals surface area contributed by atoms with Crippen LogP contribution in [0.3, 0.4) is 0 Å². The minimum Gasteiger partial charge on any atom is -0.372 e. The number of hydrogen-bond donors (Lipinski definition) is 1. The molecule has 3 heteroatoms. The molecule has 0 aromatic rings. The van der Waals surface area contributed by atoms with Crippen LogP contribution in [0.4, 0.5) is 0 Å². The largest absolute Gasteiger partial charge is 0.372 e. The number of ether oxygens (including phenoxy) is 1. The highest BCUT2D eigenvalue weighted by Gasteiger charge is 1.94. The molecule has 1 amide bonds. The van der Waals surface area contributed by atoms with Crippen molar-refractivity contribution in [2.45, 2.75) is 13.8 Å². The van der Waals surface area contributed by atoms with E-state index in [-0.39, 0.29) is 12.5 Å². The molecule has 0 bridgehead atoms. The fourth-order valence-electron chi connectivity index (χ4n) is 0.443. The molecule has 0 atom stereocenters. The molecule has 0 saturated heterocycles. The maximum absolute atomic E-state index is 10.6. The molecule has 0 aromatic heterocycles. The quantitative estimate of drug-likeness (QED) is 0.590. The van der Waals surface area contributed by atoms with Gasteiger partial charge in [-0.3, -0.25) is 4.79 Å². The lowest BCUT2D eigenvalue weighted by atomic mass is 10.6. The molecule has 54 valence electrons. The van der Waals surface area contributed by atoms with Gasteiger partial charge in [0.2, 0.25) is 5.91 Å². The first kappa shape index (κ1) is 8.43. The Hall–Kier alpha value is -0.570. The van der Waals surface area contributed by atoms with E-state index >= 15 is 0 Å². The molecule has 0 fully saturated rings. The van der Waals surface area contributed by atoms with Crippen LogP contribution in [-0.4, -0.2) is 25.7 Å². The van der Waals surface area contributed by atoms with Crippen molar-refractivity contribution >= 4 is 5.91 Å². The van der Waals surface area contributed by atoms with Crippen molar-refractivity contribution in [3.05, 3.63) is 0 Å². The summed E-state index contributed by atoms with van der Waals surface area (Å²) in [5.41, 5.74) is 0. The number of nitrogens with one attached hydrogen (secondary N) is 1. The van der Waals surface area contributed by atoms with Crippen molar-refractivity contribution in [1.82, 2.24) is 5.32 Å². The van der Waals surface area contributed by atoms with Gasteiger partial charge < -0.3 is 10.1 Å². The van der Waals surface area contributed by atoms with Crippen molar-refractivity contribution in [1.29, 1.82) is 0 Å².